The van der Waals surface area contributed by atoms with Gasteiger partial charge in [0.25, 0.3) is 0 Å². The van der Waals surface area contributed by atoms with Gasteiger partial charge in [0, 0.05) is 6.54 Å². The van der Waals surface area contributed by atoms with Crippen LogP contribution in [-0.4, -0.2) is 36.5 Å². The summed E-state index contributed by atoms with van der Waals surface area (Å²) in [7, 11) is 0. The number of ether oxygens (including phenoxy) is 1. The van der Waals surface area contributed by atoms with Crippen LogP contribution in [0.2, 0.25) is 0 Å². The SMILES string of the molecule is CCCN(CC(=O)OCC)C(=O)C(C)C#N. The summed E-state index contributed by atoms with van der Waals surface area (Å²) in [6, 6.07) is 1.87. The smallest absolute Gasteiger partial charge is 0.325 e. The first-order valence-corrected chi connectivity index (χ1v) is 5.40. The second kappa shape index (κ2) is 7.69. The topological polar surface area (TPSA) is 70.4 Å². The Bertz CT molecular complexity index is 283. The van der Waals surface area contributed by atoms with E-state index in [4.69, 9.17) is 10.00 Å². The van der Waals surface area contributed by atoms with Crippen LogP contribution in [-0.2, 0) is 14.3 Å². The molecule has 5 nitrogen and oxygen atoms in total. The van der Waals surface area contributed by atoms with Crippen LogP contribution < -0.4 is 0 Å². The third-order valence-corrected chi connectivity index (χ3v) is 1.99. The minimum absolute atomic E-state index is 0.0769. The van der Waals surface area contributed by atoms with Crippen molar-refractivity contribution in [3.05, 3.63) is 0 Å². The van der Waals surface area contributed by atoms with E-state index >= 15 is 0 Å². The Morgan fingerprint density at radius 2 is 2.06 bits per heavy atom. The molecule has 90 valence electrons. The van der Waals surface area contributed by atoms with Crippen molar-refractivity contribution in [2.24, 2.45) is 5.92 Å². The second-order valence-corrected chi connectivity index (χ2v) is 3.42. The average molecular weight is 226 g/mol. The Balaban J connectivity index is 4.43. The highest BCUT2D eigenvalue weighted by atomic mass is 16.5. The molecule has 0 aliphatic heterocycles. The summed E-state index contributed by atoms with van der Waals surface area (Å²) in [4.78, 5) is 24.3. The summed E-state index contributed by atoms with van der Waals surface area (Å²) in [6.07, 6.45) is 0.739. The van der Waals surface area contributed by atoms with E-state index in [1.165, 1.54) is 11.8 Å². The van der Waals surface area contributed by atoms with Crippen LogP contribution in [0.15, 0.2) is 0 Å². The number of nitriles is 1. The number of nitrogens with zero attached hydrogens (tertiary/aromatic N) is 2. The van der Waals surface area contributed by atoms with E-state index in [-0.39, 0.29) is 12.5 Å². The summed E-state index contributed by atoms with van der Waals surface area (Å²) in [5, 5.41) is 8.65. The van der Waals surface area contributed by atoms with Crippen LogP contribution in [0.3, 0.4) is 0 Å². The minimum Gasteiger partial charge on any atom is -0.465 e. The van der Waals surface area contributed by atoms with Gasteiger partial charge in [-0.2, -0.15) is 5.26 Å². The fraction of sp³-hybridized carbons (Fsp3) is 0.727. The van der Waals surface area contributed by atoms with Gasteiger partial charge in [0.2, 0.25) is 5.91 Å². The lowest BCUT2D eigenvalue weighted by Gasteiger charge is -2.21. The molecule has 0 rings (SSSR count). The number of carbonyl (C=O) groups excluding carboxylic acids is 2. The lowest BCUT2D eigenvalue weighted by atomic mass is 10.1. The van der Waals surface area contributed by atoms with Crippen LogP contribution in [0.25, 0.3) is 0 Å². The summed E-state index contributed by atoms with van der Waals surface area (Å²) >= 11 is 0. The van der Waals surface area contributed by atoms with Gasteiger partial charge < -0.3 is 9.64 Å². The van der Waals surface area contributed by atoms with Gasteiger partial charge in [-0.3, -0.25) is 9.59 Å². The summed E-state index contributed by atoms with van der Waals surface area (Å²) in [5.41, 5.74) is 0. The molecular weight excluding hydrogens is 208 g/mol. The van der Waals surface area contributed by atoms with E-state index in [2.05, 4.69) is 0 Å². The molecule has 0 aromatic rings. The van der Waals surface area contributed by atoms with Gasteiger partial charge in [0.05, 0.1) is 12.7 Å². The number of esters is 1. The quantitative estimate of drug-likeness (QED) is 0.632. The largest absolute Gasteiger partial charge is 0.465 e. The fourth-order valence-corrected chi connectivity index (χ4v) is 1.23. The van der Waals surface area contributed by atoms with Crippen molar-refractivity contribution in [3.63, 3.8) is 0 Å². The molecule has 0 saturated carbocycles. The summed E-state index contributed by atoms with van der Waals surface area (Å²) in [5.74, 6) is -1.48. The highest BCUT2D eigenvalue weighted by Gasteiger charge is 2.22. The molecule has 0 aliphatic rings. The first-order valence-electron chi connectivity index (χ1n) is 5.40. The van der Waals surface area contributed by atoms with E-state index < -0.39 is 11.9 Å². The van der Waals surface area contributed by atoms with E-state index in [0.717, 1.165) is 6.42 Å². The molecule has 1 atom stereocenters. The molecule has 0 aliphatic carbocycles. The van der Waals surface area contributed by atoms with Crippen LogP contribution in [0, 0.1) is 17.2 Å². The molecular formula is C11H18N2O3. The van der Waals surface area contributed by atoms with Gasteiger partial charge in [-0.1, -0.05) is 6.92 Å². The molecule has 0 aromatic carbocycles. The van der Waals surface area contributed by atoms with Crippen molar-refractivity contribution in [2.45, 2.75) is 27.2 Å². The molecule has 0 N–H and O–H groups in total. The van der Waals surface area contributed by atoms with Crippen molar-refractivity contribution in [3.8, 4) is 6.07 Å². The van der Waals surface area contributed by atoms with Crippen LogP contribution in [0.5, 0.6) is 0 Å². The maximum absolute atomic E-state index is 11.7. The monoisotopic (exact) mass is 226 g/mol. The van der Waals surface area contributed by atoms with Gasteiger partial charge in [-0.15, -0.1) is 0 Å². The van der Waals surface area contributed by atoms with Gasteiger partial charge in [0.15, 0.2) is 0 Å². The van der Waals surface area contributed by atoms with Crippen LogP contribution in [0.1, 0.15) is 27.2 Å². The zero-order valence-corrected chi connectivity index (χ0v) is 10.0. The molecule has 0 aromatic heterocycles. The van der Waals surface area contributed by atoms with E-state index in [9.17, 15) is 9.59 Å². The molecule has 0 spiro atoms. The molecule has 0 heterocycles. The molecule has 1 unspecified atom stereocenters. The maximum atomic E-state index is 11.7. The Hall–Kier alpha value is -1.57. The Morgan fingerprint density at radius 3 is 2.50 bits per heavy atom. The van der Waals surface area contributed by atoms with Gasteiger partial charge in [-0.05, 0) is 20.3 Å². The van der Waals surface area contributed by atoms with E-state index in [1.54, 1.807) is 6.92 Å². The molecule has 0 radical (unpaired) electrons. The minimum atomic E-state index is -0.721. The Labute approximate surface area is 96.0 Å². The number of hydrogen-bond donors (Lipinski definition) is 0. The van der Waals surface area contributed by atoms with Crippen molar-refractivity contribution in [2.75, 3.05) is 19.7 Å². The molecule has 0 bridgehead atoms. The lowest BCUT2D eigenvalue weighted by molar-refractivity contribution is -0.149. The average Bonchev–Trinajstić information content (AvgIpc) is 2.26. The maximum Gasteiger partial charge on any atom is 0.325 e. The third kappa shape index (κ3) is 4.78. The Kier molecular flexibility index (Phi) is 6.93. The van der Waals surface area contributed by atoms with Crippen LogP contribution in [0.4, 0.5) is 0 Å². The normalized spacial score (nSPS) is 11.4. The van der Waals surface area contributed by atoms with Crippen molar-refractivity contribution in [1.82, 2.24) is 4.90 Å². The number of rotatable bonds is 6. The number of amides is 1. The molecule has 0 fully saturated rings. The first-order chi connectivity index (χ1) is 7.56. The fourth-order valence-electron chi connectivity index (χ4n) is 1.23. The first kappa shape index (κ1) is 14.4. The highest BCUT2D eigenvalue weighted by Crippen LogP contribution is 2.03. The standard InChI is InChI=1S/C11H18N2O3/c1-4-6-13(8-10(14)16-5-2)11(15)9(3)7-12/h9H,4-6,8H2,1-3H3. The summed E-state index contributed by atoms with van der Waals surface area (Å²) < 4.78 is 4.77. The second-order valence-electron chi connectivity index (χ2n) is 3.42. The van der Waals surface area contributed by atoms with Gasteiger partial charge in [0.1, 0.15) is 12.5 Å². The van der Waals surface area contributed by atoms with Gasteiger partial charge in [-0.25, -0.2) is 0 Å². The van der Waals surface area contributed by atoms with E-state index in [1.807, 2.05) is 13.0 Å². The molecule has 1 amide bonds. The number of hydrogen-bond acceptors (Lipinski definition) is 4. The summed E-state index contributed by atoms with van der Waals surface area (Å²) in [6.45, 7) is 5.82. The van der Waals surface area contributed by atoms with Crippen molar-refractivity contribution < 1.29 is 14.3 Å². The third-order valence-electron chi connectivity index (χ3n) is 1.99. The highest BCUT2D eigenvalue weighted by molar-refractivity contribution is 5.84. The zero-order chi connectivity index (χ0) is 12.6. The Morgan fingerprint density at radius 1 is 1.44 bits per heavy atom. The number of carbonyl (C=O) groups is 2. The van der Waals surface area contributed by atoms with Gasteiger partial charge >= 0.3 is 5.97 Å². The van der Waals surface area contributed by atoms with E-state index in [0.29, 0.717) is 13.2 Å². The molecule has 5 heteroatoms. The lowest BCUT2D eigenvalue weighted by Crippen LogP contribution is -2.39. The molecule has 0 saturated heterocycles. The zero-order valence-electron chi connectivity index (χ0n) is 10.0. The van der Waals surface area contributed by atoms with Crippen molar-refractivity contribution in [1.29, 1.82) is 5.26 Å². The van der Waals surface area contributed by atoms with Crippen LogP contribution >= 0.6 is 0 Å². The van der Waals surface area contributed by atoms with Crippen molar-refractivity contribution >= 4 is 11.9 Å². The predicted octanol–water partition coefficient (Wildman–Crippen LogP) is 0.948. The molecule has 16 heavy (non-hydrogen) atoms. The predicted molar refractivity (Wildman–Crippen MR) is 58.3 cm³/mol.